The van der Waals surface area contributed by atoms with Gasteiger partial charge in [0.05, 0.1) is 10.6 Å². The minimum absolute atomic E-state index is 0.0881. The lowest BCUT2D eigenvalue weighted by atomic mass is 10.2. The van der Waals surface area contributed by atoms with Crippen molar-refractivity contribution < 1.29 is 17.9 Å². The highest BCUT2D eigenvalue weighted by Gasteiger charge is 2.18. The van der Waals surface area contributed by atoms with Gasteiger partial charge in [-0.1, -0.05) is 18.2 Å². The Morgan fingerprint density at radius 1 is 1.06 bits per heavy atom. The zero-order valence-electron chi connectivity index (χ0n) is 18.5. The molecule has 0 saturated heterocycles. The van der Waals surface area contributed by atoms with Crippen molar-refractivity contribution in [2.75, 3.05) is 4.72 Å². The lowest BCUT2D eigenvalue weighted by Gasteiger charge is -2.13. The number of nitrogens with zero attached hydrogens (tertiary/aromatic N) is 1. The number of hydrogen-bond acceptors (Lipinski definition) is 5. The number of amides is 1. The van der Waals surface area contributed by atoms with Crippen LogP contribution in [0.15, 0.2) is 71.8 Å². The third-order valence-corrected chi connectivity index (χ3v) is 7.04. The smallest absolute Gasteiger partial charge is 0.261 e. The van der Waals surface area contributed by atoms with E-state index in [2.05, 4.69) is 15.0 Å². The molecule has 0 radical (unpaired) electrons. The summed E-state index contributed by atoms with van der Waals surface area (Å²) in [6.07, 6.45) is 6.36. The summed E-state index contributed by atoms with van der Waals surface area (Å²) >= 11 is 0. The summed E-state index contributed by atoms with van der Waals surface area (Å²) in [5, 5.41) is 2.85. The lowest BCUT2D eigenvalue weighted by Crippen LogP contribution is -2.23. The number of ether oxygens (including phenoxy) is 1. The molecule has 0 bridgehead atoms. The molecule has 0 atom stereocenters. The predicted octanol–water partition coefficient (Wildman–Crippen LogP) is 4.44. The number of anilines is 1. The molecular formula is C25H27N3O4S. The molecule has 1 heterocycles. The normalized spacial score (nSPS) is 14.1. The van der Waals surface area contributed by atoms with Gasteiger partial charge in [0.15, 0.2) is 0 Å². The summed E-state index contributed by atoms with van der Waals surface area (Å²) in [7, 11) is -3.75. The van der Waals surface area contributed by atoms with Crippen LogP contribution in [0.1, 0.15) is 47.2 Å². The van der Waals surface area contributed by atoms with Crippen LogP contribution in [0.3, 0.4) is 0 Å². The molecule has 0 aliphatic heterocycles. The highest BCUT2D eigenvalue weighted by atomic mass is 32.2. The van der Waals surface area contributed by atoms with Gasteiger partial charge in [-0.3, -0.25) is 9.52 Å². The largest absolute Gasteiger partial charge is 0.474 e. The van der Waals surface area contributed by atoms with Crippen LogP contribution >= 0.6 is 0 Å². The van der Waals surface area contributed by atoms with Crippen LogP contribution in [-0.2, 0) is 16.6 Å². The van der Waals surface area contributed by atoms with E-state index in [-0.39, 0.29) is 16.9 Å². The number of nitrogens with one attached hydrogen (secondary N) is 2. The van der Waals surface area contributed by atoms with Crippen molar-refractivity contribution in [3.8, 4) is 5.88 Å². The van der Waals surface area contributed by atoms with Crippen molar-refractivity contribution in [1.29, 1.82) is 0 Å². The van der Waals surface area contributed by atoms with Gasteiger partial charge in [-0.2, -0.15) is 0 Å². The molecule has 7 nitrogen and oxygen atoms in total. The van der Waals surface area contributed by atoms with Crippen LogP contribution in [0, 0.1) is 6.92 Å². The Balaban J connectivity index is 1.36. The van der Waals surface area contributed by atoms with Gasteiger partial charge in [-0.05, 0) is 80.1 Å². The first kappa shape index (κ1) is 22.8. The van der Waals surface area contributed by atoms with E-state index >= 15 is 0 Å². The second-order valence-electron chi connectivity index (χ2n) is 8.15. The number of hydrogen-bond donors (Lipinski definition) is 2. The molecule has 1 aliphatic rings. The topological polar surface area (TPSA) is 97.4 Å². The third-order valence-electron chi connectivity index (χ3n) is 5.66. The minimum Gasteiger partial charge on any atom is -0.474 e. The maximum Gasteiger partial charge on any atom is 0.261 e. The van der Waals surface area contributed by atoms with Crippen molar-refractivity contribution in [3.05, 3.63) is 83.6 Å². The summed E-state index contributed by atoms with van der Waals surface area (Å²) in [6, 6.07) is 16.7. The predicted molar refractivity (Wildman–Crippen MR) is 127 cm³/mol. The molecule has 33 heavy (non-hydrogen) atoms. The molecule has 1 saturated carbocycles. The number of benzene rings is 2. The molecule has 1 aliphatic carbocycles. The van der Waals surface area contributed by atoms with Crippen LogP contribution in [0.25, 0.3) is 0 Å². The average Bonchev–Trinajstić information content (AvgIpc) is 3.32. The first-order valence-corrected chi connectivity index (χ1v) is 12.5. The lowest BCUT2D eigenvalue weighted by molar-refractivity contribution is 0.0950. The number of carbonyl (C=O) groups is 1. The second-order valence-corrected chi connectivity index (χ2v) is 9.84. The van der Waals surface area contributed by atoms with Crippen molar-refractivity contribution in [2.24, 2.45) is 0 Å². The molecule has 2 aromatic carbocycles. The van der Waals surface area contributed by atoms with Crippen molar-refractivity contribution in [1.82, 2.24) is 10.3 Å². The molecule has 8 heteroatoms. The van der Waals surface area contributed by atoms with E-state index in [1.807, 2.05) is 31.2 Å². The van der Waals surface area contributed by atoms with E-state index in [1.165, 1.54) is 37.1 Å². The molecular weight excluding hydrogens is 438 g/mol. The molecule has 0 unspecified atom stereocenters. The van der Waals surface area contributed by atoms with Gasteiger partial charge < -0.3 is 10.1 Å². The molecule has 0 spiro atoms. The molecule has 1 amide bonds. The summed E-state index contributed by atoms with van der Waals surface area (Å²) in [6.45, 7) is 2.15. The van der Waals surface area contributed by atoms with E-state index in [0.29, 0.717) is 23.7 Å². The minimum atomic E-state index is -3.75. The van der Waals surface area contributed by atoms with Crippen molar-refractivity contribution in [2.45, 2.75) is 50.2 Å². The molecule has 4 rings (SSSR count). The average molecular weight is 466 g/mol. The van der Waals surface area contributed by atoms with Gasteiger partial charge >= 0.3 is 0 Å². The summed E-state index contributed by atoms with van der Waals surface area (Å²) in [4.78, 5) is 16.9. The van der Waals surface area contributed by atoms with Crippen molar-refractivity contribution >= 4 is 21.6 Å². The summed E-state index contributed by atoms with van der Waals surface area (Å²) in [5.74, 6) is 0.283. The number of aryl methyl sites for hydroxylation is 1. The quantitative estimate of drug-likeness (QED) is 0.513. The maximum atomic E-state index is 12.7. The Morgan fingerprint density at radius 2 is 1.79 bits per heavy atom. The van der Waals surface area contributed by atoms with E-state index in [1.54, 1.807) is 18.3 Å². The fourth-order valence-electron chi connectivity index (χ4n) is 3.76. The fraction of sp³-hybridized carbons (Fsp3) is 0.280. The highest BCUT2D eigenvalue weighted by Crippen LogP contribution is 2.23. The standard InChI is InChI=1S/C25H27N3O4S/c1-18-6-2-5-9-23(18)28-33(30,31)22-12-10-20(11-13-22)25(29)27-17-19-14-15-26-24(16-19)32-21-7-3-4-8-21/h2,5-6,9-16,21,28H,3-4,7-8,17H2,1H3,(H,27,29). The first-order chi connectivity index (χ1) is 15.9. The third kappa shape index (κ3) is 5.90. The Kier molecular flexibility index (Phi) is 6.93. The zero-order chi connectivity index (χ0) is 23.3. The van der Waals surface area contributed by atoms with Crippen LogP contribution in [0.4, 0.5) is 5.69 Å². The Labute approximate surface area is 194 Å². The molecule has 1 aromatic heterocycles. The van der Waals surface area contributed by atoms with E-state index in [9.17, 15) is 13.2 Å². The summed E-state index contributed by atoms with van der Waals surface area (Å²) < 4.78 is 33.8. The monoisotopic (exact) mass is 465 g/mol. The number of sulfonamides is 1. The van der Waals surface area contributed by atoms with E-state index in [4.69, 9.17) is 4.74 Å². The second kappa shape index (κ2) is 10.0. The van der Waals surface area contributed by atoms with E-state index < -0.39 is 10.0 Å². The number of aromatic nitrogens is 1. The highest BCUT2D eigenvalue weighted by molar-refractivity contribution is 7.92. The molecule has 1 fully saturated rings. The number of carbonyl (C=O) groups excluding carboxylic acids is 1. The Bertz CT molecular complexity index is 1220. The summed E-state index contributed by atoms with van der Waals surface area (Å²) in [5.41, 5.74) is 2.60. The van der Waals surface area contributed by atoms with Gasteiger partial charge in [0.2, 0.25) is 5.88 Å². The first-order valence-electron chi connectivity index (χ1n) is 11.0. The molecule has 2 N–H and O–H groups in total. The van der Waals surface area contributed by atoms with Gasteiger partial charge in [-0.15, -0.1) is 0 Å². The zero-order valence-corrected chi connectivity index (χ0v) is 19.3. The fourth-order valence-corrected chi connectivity index (χ4v) is 4.89. The Morgan fingerprint density at radius 3 is 2.52 bits per heavy atom. The maximum absolute atomic E-state index is 12.7. The van der Waals surface area contributed by atoms with Gasteiger partial charge in [-0.25, -0.2) is 13.4 Å². The van der Waals surface area contributed by atoms with Crippen LogP contribution < -0.4 is 14.8 Å². The van der Waals surface area contributed by atoms with Crippen LogP contribution in [0.2, 0.25) is 0 Å². The van der Waals surface area contributed by atoms with Gasteiger partial charge in [0, 0.05) is 24.4 Å². The van der Waals surface area contributed by atoms with E-state index in [0.717, 1.165) is 24.0 Å². The van der Waals surface area contributed by atoms with Gasteiger partial charge in [0.25, 0.3) is 15.9 Å². The number of para-hydroxylation sites is 1. The molecule has 172 valence electrons. The van der Waals surface area contributed by atoms with Gasteiger partial charge in [0.1, 0.15) is 6.10 Å². The van der Waals surface area contributed by atoms with Crippen molar-refractivity contribution in [3.63, 3.8) is 0 Å². The molecule has 3 aromatic rings. The SMILES string of the molecule is Cc1ccccc1NS(=O)(=O)c1ccc(C(=O)NCc2ccnc(OC3CCCC3)c2)cc1. The number of pyridine rings is 1. The van der Waals surface area contributed by atoms with Crippen LogP contribution in [0.5, 0.6) is 5.88 Å². The Hall–Kier alpha value is -3.39. The van der Waals surface area contributed by atoms with Crippen LogP contribution in [-0.4, -0.2) is 25.4 Å². The number of rotatable bonds is 8.